The number of aromatic nitrogens is 1. The summed E-state index contributed by atoms with van der Waals surface area (Å²) in [5.74, 6) is 6.12. The van der Waals surface area contributed by atoms with Gasteiger partial charge in [-0.25, -0.2) is 4.98 Å². The quantitative estimate of drug-likeness (QED) is 0.728. The topological polar surface area (TPSA) is 33.2 Å². The average molecular weight is 266 g/mol. The van der Waals surface area contributed by atoms with E-state index in [0.29, 0.717) is 11.5 Å². The van der Waals surface area contributed by atoms with Crippen molar-refractivity contribution in [3.8, 4) is 0 Å². The minimum absolute atomic E-state index is 0.134. The summed E-state index contributed by atoms with van der Waals surface area (Å²) in [6.07, 6.45) is 1.95. The van der Waals surface area contributed by atoms with Crippen molar-refractivity contribution >= 4 is 21.2 Å². The third-order valence-corrected chi connectivity index (χ3v) is 5.26. The van der Waals surface area contributed by atoms with Gasteiger partial charge in [-0.2, -0.15) is 0 Å². The monoisotopic (exact) mass is 266 g/mol. The number of nitrogens with zero attached hydrogens (tertiary/aromatic N) is 2. The molecular weight excluding hydrogens is 244 g/mol. The zero-order valence-corrected chi connectivity index (χ0v) is 12.3. The molecule has 0 atom stereocenters. The van der Waals surface area contributed by atoms with Crippen LogP contribution in [0.15, 0.2) is 18.3 Å². The molecule has 4 heteroatoms. The molecule has 3 nitrogen and oxygen atoms in total. The van der Waals surface area contributed by atoms with Gasteiger partial charge in [-0.1, -0.05) is 26.8 Å². The molecule has 0 aliphatic carbocycles. The van der Waals surface area contributed by atoms with E-state index in [0.717, 1.165) is 18.9 Å². The lowest BCUT2D eigenvalue weighted by Gasteiger charge is -2.30. The minimum Gasteiger partial charge on any atom is -0.355 e. The van der Waals surface area contributed by atoms with Crippen LogP contribution in [0.2, 0.25) is 0 Å². The maximum atomic E-state index is 11.8. The normalized spacial score (nSPS) is 19.8. The number of hydrogen-bond donors (Lipinski definition) is 0. The Balaban J connectivity index is 2.12. The second-order valence-corrected chi connectivity index (χ2v) is 8.76. The molecule has 100 valence electrons. The summed E-state index contributed by atoms with van der Waals surface area (Å²) in [7, 11) is -1.82. The molecule has 0 unspecified atom stereocenters. The van der Waals surface area contributed by atoms with E-state index < -0.39 is 9.52 Å². The Morgan fingerprint density at radius 1 is 1.28 bits per heavy atom. The second kappa shape index (κ2) is 4.57. The SMILES string of the molecule is C=S1(=O)CCN(c2ccc(C(C)(C)C)cn2)CC1. The van der Waals surface area contributed by atoms with Gasteiger partial charge in [0.2, 0.25) is 0 Å². The Morgan fingerprint density at radius 2 is 1.89 bits per heavy atom. The lowest BCUT2D eigenvalue weighted by molar-refractivity contribution is 0.587. The van der Waals surface area contributed by atoms with Gasteiger partial charge in [0.15, 0.2) is 0 Å². The molecule has 1 aliphatic rings. The van der Waals surface area contributed by atoms with Gasteiger partial charge < -0.3 is 4.90 Å². The van der Waals surface area contributed by atoms with Crippen molar-refractivity contribution < 1.29 is 4.21 Å². The molecular formula is C14H22N2OS. The fraction of sp³-hybridized carbons (Fsp3) is 0.571. The maximum Gasteiger partial charge on any atom is 0.128 e. The molecule has 0 N–H and O–H groups in total. The number of pyridine rings is 1. The maximum absolute atomic E-state index is 11.8. The molecule has 1 saturated heterocycles. The summed E-state index contributed by atoms with van der Waals surface area (Å²) in [4.78, 5) is 6.72. The van der Waals surface area contributed by atoms with Crippen LogP contribution in [0.3, 0.4) is 0 Å². The summed E-state index contributed by atoms with van der Waals surface area (Å²) in [6.45, 7) is 8.14. The van der Waals surface area contributed by atoms with Gasteiger partial charge in [0.1, 0.15) is 5.82 Å². The lowest BCUT2D eigenvalue weighted by atomic mass is 9.88. The molecule has 0 amide bonds. The molecule has 2 heterocycles. The second-order valence-electron chi connectivity index (χ2n) is 6.02. The number of rotatable bonds is 1. The Kier molecular flexibility index (Phi) is 3.41. The average Bonchev–Trinajstić information content (AvgIpc) is 2.28. The smallest absolute Gasteiger partial charge is 0.128 e. The molecule has 1 aromatic rings. The van der Waals surface area contributed by atoms with E-state index in [4.69, 9.17) is 0 Å². The van der Waals surface area contributed by atoms with Crippen LogP contribution in [0.5, 0.6) is 0 Å². The first-order valence-electron chi connectivity index (χ1n) is 6.32. The van der Waals surface area contributed by atoms with Gasteiger partial charge >= 0.3 is 0 Å². The zero-order chi connectivity index (χ0) is 13.4. The molecule has 1 aliphatic heterocycles. The summed E-state index contributed by atoms with van der Waals surface area (Å²) in [5, 5.41) is 0. The highest BCUT2D eigenvalue weighted by molar-refractivity contribution is 8.00. The molecule has 0 bridgehead atoms. The van der Waals surface area contributed by atoms with Gasteiger partial charge in [0.25, 0.3) is 0 Å². The van der Waals surface area contributed by atoms with E-state index in [-0.39, 0.29) is 5.41 Å². The van der Waals surface area contributed by atoms with Crippen LogP contribution in [0.1, 0.15) is 26.3 Å². The van der Waals surface area contributed by atoms with E-state index in [1.54, 1.807) is 0 Å². The predicted molar refractivity (Wildman–Crippen MR) is 80.1 cm³/mol. The van der Waals surface area contributed by atoms with Crippen LogP contribution in [-0.2, 0) is 14.9 Å². The predicted octanol–water partition coefficient (Wildman–Crippen LogP) is 1.92. The highest BCUT2D eigenvalue weighted by Gasteiger charge is 2.19. The molecule has 0 aromatic carbocycles. The van der Waals surface area contributed by atoms with Crippen molar-refractivity contribution in [1.29, 1.82) is 0 Å². The highest BCUT2D eigenvalue weighted by Crippen LogP contribution is 2.23. The molecule has 18 heavy (non-hydrogen) atoms. The fourth-order valence-electron chi connectivity index (χ4n) is 2.01. The molecule has 0 spiro atoms. The van der Waals surface area contributed by atoms with E-state index in [1.807, 2.05) is 6.20 Å². The third kappa shape index (κ3) is 3.05. The summed E-state index contributed by atoms with van der Waals surface area (Å²) < 4.78 is 11.8. The van der Waals surface area contributed by atoms with E-state index in [2.05, 4.69) is 48.7 Å². The lowest BCUT2D eigenvalue weighted by Crippen LogP contribution is -2.40. The van der Waals surface area contributed by atoms with E-state index in [1.165, 1.54) is 5.56 Å². The van der Waals surface area contributed by atoms with Crippen molar-refractivity contribution in [2.45, 2.75) is 26.2 Å². The van der Waals surface area contributed by atoms with Gasteiger partial charge in [0, 0.05) is 30.8 Å². The first-order valence-corrected chi connectivity index (χ1v) is 8.39. The summed E-state index contributed by atoms with van der Waals surface area (Å²) in [6, 6.07) is 4.20. The standard InChI is InChI=1S/C14H22N2OS/c1-14(2,3)12-5-6-13(15-11-12)16-7-9-18(4,17)10-8-16/h5-6,11H,4,7-10H2,1-3H3. The Bertz CT molecular complexity index is 498. The highest BCUT2D eigenvalue weighted by atomic mass is 32.2. The Morgan fingerprint density at radius 3 is 2.33 bits per heavy atom. The van der Waals surface area contributed by atoms with Gasteiger partial charge in [-0.15, -0.1) is 0 Å². The first-order chi connectivity index (χ1) is 8.28. The van der Waals surface area contributed by atoms with E-state index in [9.17, 15) is 4.21 Å². The van der Waals surface area contributed by atoms with Crippen molar-refractivity contribution in [2.75, 3.05) is 29.5 Å². The number of anilines is 1. The molecule has 0 saturated carbocycles. The summed E-state index contributed by atoms with van der Waals surface area (Å²) in [5.41, 5.74) is 1.37. The summed E-state index contributed by atoms with van der Waals surface area (Å²) >= 11 is 0. The fourth-order valence-corrected chi connectivity index (χ4v) is 3.32. The minimum atomic E-state index is -1.82. The first kappa shape index (κ1) is 13.4. The molecule has 2 rings (SSSR count). The van der Waals surface area contributed by atoms with Crippen LogP contribution in [0, 0.1) is 0 Å². The van der Waals surface area contributed by atoms with Crippen molar-refractivity contribution in [1.82, 2.24) is 4.98 Å². The van der Waals surface area contributed by atoms with Crippen LogP contribution in [-0.4, -0.2) is 39.7 Å². The largest absolute Gasteiger partial charge is 0.355 e. The van der Waals surface area contributed by atoms with E-state index >= 15 is 0 Å². The Labute approximate surface area is 110 Å². The zero-order valence-electron chi connectivity index (χ0n) is 11.5. The third-order valence-electron chi connectivity index (χ3n) is 3.40. The van der Waals surface area contributed by atoms with Crippen LogP contribution >= 0.6 is 0 Å². The van der Waals surface area contributed by atoms with Crippen LogP contribution < -0.4 is 4.90 Å². The van der Waals surface area contributed by atoms with Crippen LogP contribution in [0.4, 0.5) is 5.82 Å². The number of hydrogen-bond acceptors (Lipinski definition) is 3. The van der Waals surface area contributed by atoms with Crippen molar-refractivity contribution in [3.63, 3.8) is 0 Å². The van der Waals surface area contributed by atoms with Crippen LogP contribution in [0.25, 0.3) is 0 Å². The van der Waals surface area contributed by atoms with Gasteiger partial charge in [0.05, 0.1) is 0 Å². The molecule has 0 radical (unpaired) electrons. The van der Waals surface area contributed by atoms with Gasteiger partial charge in [-0.3, -0.25) is 4.21 Å². The molecule has 1 aromatic heterocycles. The van der Waals surface area contributed by atoms with Crippen molar-refractivity contribution in [3.05, 3.63) is 23.9 Å². The van der Waals surface area contributed by atoms with Crippen molar-refractivity contribution in [2.24, 2.45) is 0 Å². The van der Waals surface area contributed by atoms with Gasteiger partial charge in [-0.05, 0) is 32.4 Å². The molecule has 1 fully saturated rings. The Hall–Kier alpha value is -1.03.